The molecule has 20 heavy (non-hydrogen) atoms. The number of nitrogens with zero attached hydrogens (tertiary/aromatic N) is 2. The van der Waals surface area contributed by atoms with Crippen LogP contribution >= 0.6 is 0 Å². The van der Waals surface area contributed by atoms with Crippen LogP contribution in [0.4, 0.5) is 0 Å². The van der Waals surface area contributed by atoms with Crippen molar-refractivity contribution in [3.63, 3.8) is 0 Å². The molecule has 0 aromatic rings. The van der Waals surface area contributed by atoms with Gasteiger partial charge in [0.25, 0.3) is 0 Å². The number of likely N-dealkylation sites (tertiary alicyclic amines) is 1. The number of carboxylic acid groups (broad SMARTS) is 1. The summed E-state index contributed by atoms with van der Waals surface area (Å²) in [4.78, 5) is 27.2. The van der Waals surface area contributed by atoms with Crippen LogP contribution in [0.2, 0.25) is 0 Å². The molecule has 0 aliphatic carbocycles. The first kappa shape index (κ1) is 16.2. The lowest BCUT2D eigenvalue weighted by Gasteiger charge is -2.29. The number of β-amino-alcohol motifs (C(OH)–C–C–N with tert-alkyl or cyclic N) is 1. The Morgan fingerprint density at radius 1 is 1.45 bits per heavy atom. The number of hydrogen-bond donors (Lipinski definition) is 2. The van der Waals surface area contributed by atoms with Gasteiger partial charge < -0.3 is 25.0 Å². The van der Waals surface area contributed by atoms with E-state index in [9.17, 15) is 19.8 Å². The Morgan fingerprint density at radius 3 is 2.55 bits per heavy atom. The molecule has 0 saturated carbocycles. The van der Waals surface area contributed by atoms with E-state index in [0.717, 1.165) is 4.90 Å². The molecule has 1 saturated heterocycles. The topological polar surface area (TPSA) is 122 Å². The molecular formula is C12H19N2O6-. The average Bonchev–Trinajstić information content (AvgIpc) is 2.66. The standard InChI is InChI=1S/C12H20N2O6/c1-12(2,3)20-11(19)13-5-9(16)14-6-7(15)4-8(14)10(17)18/h7-8,15H,4-6H2,1-3H3,(H,13,19)(H,17,18)/p-1/t7-,8-/m0/s1. The molecule has 2 N–H and O–H groups in total. The van der Waals surface area contributed by atoms with Crippen molar-refractivity contribution in [1.82, 2.24) is 4.90 Å². The fraction of sp³-hybridized carbons (Fsp3) is 0.750. The second-order valence-corrected chi connectivity index (χ2v) is 5.59. The molecule has 8 nitrogen and oxygen atoms in total. The summed E-state index contributed by atoms with van der Waals surface area (Å²) in [5.41, 5.74) is -0.711. The predicted octanol–water partition coefficient (Wildman–Crippen LogP) is -1.44. The highest BCUT2D eigenvalue weighted by molar-refractivity contribution is 5.86. The minimum atomic E-state index is -1.19. The molecule has 0 radical (unpaired) electrons. The van der Waals surface area contributed by atoms with Gasteiger partial charge in [-0.15, -0.1) is 0 Å². The van der Waals surface area contributed by atoms with E-state index in [0.29, 0.717) is 0 Å². The molecule has 0 bridgehead atoms. The number of carboxylic acids is 1. The third-order valence-electron chi connectivity index (χ3n) is 2.62. The van der Waals surface area contributed by atoms with Crippen molar-refractivity contribution in [3.05, 3.63) is 0 Å². The van der Waals surface area contributed by atoms with Crippen molar-refractivity contribution < 1.29 is 29.6 Å². The SMILES string of the molecule is CC(C)(C)OC([O-])=NCC(=O)N1C[C@@H](O)C[C@H]1C(=O)O. The molecular weight excluding hydrogens is 268 g/mol. The summed E-state index contributed by atoms with van der Waals surface area (Å²) in [5.74, 6) is -1.81. The summed E-state index contributed by atoms with van der Waals surface area (Å²) in [6.45, 7) is 4.43. The molecule has 0 spiro atoms. The molecule has 0 unspecified atom stereocenters. The number of aliphatic hydroxyl groups excluding tert-OH is 1. The molecule has 2 atom stereocenters. The lowest BCUT2D eigenvalue weighted by atomic mass is 10.2. The van der Waals surface area contributed by atoms with E-state index in [1.165, 1.54) is 0 Å². The minimum Gasteiger partial charge on any atom is -0.595 e. The number of ether oxygens (including phenoxy) is 1. The van der Waals surface area contributed by atoms with Gasteiger partial charge in [-0.25, -0.2) is 4.79 Å². The van der Waals surface area contributed by atoms with Crippen LogP contribution in [-0.2, 0) is 14.3 Å². The maximum atomic E-state index is 11.8. The van der Waals surface area contributed by atoms with Crippen LogP contribution in [0.25, 0.3) is 0 Å². The van der Waals surface area contributed by atoms with Gasteiger partial charge in [-0.05, 0) is 0 Å². The van der Waals surface area contributed by atoms with Crippen molar-refractivity contribution in [2.75, 3.05) is 13.1 Å². The van der Waals surface area contributed by atoms with Gasteiger partial charge in [-0.1, -0.05) is 20.8 Å². The lowest BCUT2D eigenvalue weighted by Crippen LogP contribution is -2.42. The molecule has 114 valence electrons. The Bertz CT molecular complexity index is 415. The number of carbonyl (C=O) groups is 2. The average molecular weight is 287 g/mol. The van der Waals surface area contributed by atoms with Gasteiger partial charge in [0.05, 0.1) is 6.10 Å². The third-order valence-corrected chi connectivity index (χ3v) is 2.62. The van der Waals surface area contributed by atoms with Crippen molar-refractivity contribution in [1.29, 1.82) is 0 Å². The van der Waals surface area contributed by atoms with Crippen molar-refractivity contribution in [2.24, 2.45) is 4.99 Å². The second-order valence-electron chi connectivity index (χ2n) is 5.59. The summed E-state index contributed by atoms with van der Waals surface area (Å²) in [5, 5.41) is 29.7. The van der Waals surface area contributed by atoms with Crippen LogP contribution in [0.3, 0.4) is 0 Å². The number of rotatable bonds is 3. The second kappa shape index (κ2) is 6.08. The zero-order chi connectivity index (χ0) is 15.5. The van der Waals surface area contributed by atoms with Gasteiger partial charge in [0, 0.05) is 18.6 Å². The highest BCUT2D eigenvalue weighted by Gasteiger charge is 2.38. The Kier molecular flexibility index (Phi) is 4.93. The molecule has 8 heteroatoms. The molecule has 1 amide bonds. The first-order valence-electron chi connectivity index (χ1n) is 6.21. The lowest BCUT2D eigenvalue weighted by molar-refractivity contribution is -0.260. The fourth-order valence-corrected chi connectivity index (χ4v) is 1.84. The summed E-state index contributed by atoms with van der Waals surface area (Å²) in [6.07, 6.45) is -1.77. The maximum Gasteiger partial charge on any atom is 0.326 e. The third kappa shape index (κ3) is 4.69. The van der Waals surface area contributed by atoms with Gasteiger partial charge in [0.15, 0.2) is 0 Å². The first-order valence-corrected chi connectivity index (χ1v) is 6.21. The van der Waals surface area contributed by atoms with Crippen molar-refractivity contribution in [2.45, 2.75) is 44.9 Å². The number of amides is 1. The molecule has 0 aromatic carbocycles. The summed E-state index contributed by atoms with van der Waals surface area (Å²) >= 11 is 0. The Morgan fingerprint density at radius 2 is 2.05 bits per heavy atom. The monoisotopic (exact) mass is 287 g/mol. The van der Waals surface area contributed by atoms with E-state index >= 15 is 0 Å². The van der Waals surface area contributed by atoms with E-state index < -0.39 is 42.3 Å². The first-order chi connectivity index (χ1) is 9.10. The van der Waals surface area contributed by atoms with Crippen LogP contribution < -0.4 is 5.11 Å². The van der Waals surface area contributed by atoms with Crippen LogP contribution in [0, 0.1) is 0 Å². The smallest absolute Gasteiger partial charge is 0.326 e. The van der Waals surface area contributed by atoms with Crippen LogP contribution in [0.5, 0.6) is 0 Å². The Balaban J connectivity index is 2.62. The Hall–Kier alpha value is -1.83. The maximum absolute atomic E-state index is 11.8. The fourth-order valence-electron chi connectivity index (χ4n) is 1.84. The highest BCUT2D eigenvalue weighted by atomic mass is 16.6. The van der Waals surface area contributed by atoms with Gasteiger partial charge in [-0.2, -0.15) is 0 Å². The summed E-state index contributed by atoms with van der Waals surface area (Å²) in [7, 11) is 0. The van der Waals surface area contributed by atoms with E-state index in [1.807, 2.05) is 0 Å². The van der Waals surface area contributed by atoms with E-state index in [-0.39, 0.29) is 13.0 Å². The number of aliphatic hydroxyl groups is 1. The number of aliphatic carboxylic acids is 1. The van der Waals surface area contributed by atoms with Crippen molar-refractivity contribution in [3.8, 4) is 0 Å². The summed E-state index contributed by atoms with van der Waals surface area (Å²) in [6, 6.07) is -1.08. The van der Waals surface area contributed by atoms with E-state index in [2.05, 4.69) is 4.99 Å². The van der Waals surface area contributed by atoms with Gasteiger partial charge in [0.1, 0.15) is 18.7 Å². The van der Waals surface area contributed by atoms with Gasteiger partial charge >= 0.3 is 5.97 Å². The number of aliphatic imine (C=N–C) groups is 1. The van der Waals surface area contributed by atoms with E-state index in [4.69, 9.17) is 9.84 Å². The molecule has 1 heterocycles. The zero-order valence-electron chi connectivity index (χ0n) is 11.7. The van der Waals surface area contributed by atoms with E-state index in [1.54, 1.807) is 20.8 Å². The Labute approximate surface area is 116 Å². The zero-order valence-corrected chi connectivity index (χ0v) is 11.7. The van der Waals surface area contributed by atoms with Crippen LogP contribution in [0.15, 0.2) is 4.99 Å². The van der Waals surface area contributed by atoms with Crippen molar-refractivity contribution >= 4 is 18.0 Å². The molecule has 1 aliphatic rings. The van der Waals surface area contributed by atoms with Crippen LogP contribution in [0.1, 0.15) is 27.2 Å². The van der Waals surface area contributed by atoms with Crippen LogP contribution in [-0.4, -0.2) is 63.9 Å². The number of hydrogen-bond acceptors (Lipinski definition) is 6. The molecule has 1 aliphatic heterocycles. The molecule has 1 rings (SSSR count). The predicted molar refractivity (Wildman–Crippen MR) is 66.9 cm³/mol. The van der Waals surface area contributed by atoms with Gasteiger partial charge in [0.2, 0.25) is 5.91 Å². The largest absolute Gasteiger partial charge is 0.595 e. The normalized spacial score (nSPS) is 23.8. The minimum absolute atomic E-state index is 0.0203. The molecule has 1 fully saturated rings. The van der Waals surface area contributed by atoms with Gasteiger partial charge in [-0.3, -0.25) is 9.79 Å². The number of carbonyl (C=O) groups excluding carboxylic acids is 1. The highest BCUT2D eigenvalue weighted by Crippen LogP contribution is 2.18. The quantitative estimate of drug-likeness (QED) is 0.484. The summed E-state index contributed by atoms with van der Waals surface area (Å²) < 4.78 is 4.90. The molecule has 0 aromatic heterocycles.